The van der Waals surface area contributed by atoms with Gasteiger partial charge in [-0.25, -0.2) is 4.98 Å². The largest absolute Gasteiger partial charge is 0.508 e. The lowest BCUT2D eigenvalue weighted by Crippen LogP contribution is -2.37. The van der Waals surface area contributed by atoms with Crippen molar-refractivity contribution in [1.82, 2.24) is 9.97 Å². The van der Waals surface area contributed by atoms with Gasteiger partial charge in [0.2, 0.25) is 5.95 Å². The highest BCUT2D eigenvalue weighted by Crippen LogP contribution is 2.27. The smallest absolute Gasteiger partial charge is 0.227 e. The molecular weight excluding hydrogens is 340 g/mol. The first kappa shape index (κ1) is 18.0. The molecule has 6 heteroatoms. The van der Waals surface area contributed by atoms with Crippen LogP contribution in [0.2, 0.25) is 0 Å². The van der Waals surface area contributed by atoms with E-state index in [4.69, 9.17) is 14.7 Å². The monoisotopic (exact) mass is 368 g/mol. The van der Waals surface area contributed by atoms with Crippen LogP contribution in [0.4, 0.5) is 11.8 Å². The predicted octanol–water partition coefficient (Wildman–Crippen LogP) is 2.65. The molecule has 1 unspecified atom stereocenters. The van der Waals surface area contributed by atoms with E-state index in [9.17, 15) is 5.11 Å². The number of aromatic hydroxyl groups is 1. The van der Waals surface area contributed by atoms with E-state index >= 15 is 0 Å². The number of anilines is 2. The highest BCUT2D eigenvalue weighted by molar-refractivity contribution is 5.47. The second-order valence-electron chi connectivity index (χ2n) is 7.44. The molecule has 2 aromatic rings. The van der Waals surface area contributed by atoms with E-state index in [0.29, 0.717) is 11.7 Å². The Morgan fingerprint density at radius 1 is 1.07 bits per heavy atom. The van der Waals surface area contributed by atoms with Gasteiger partial charge in [-0.3, -0.25) is 0 Å². The molecule has 0 radical (unpaired) electrons. The highest BCUT2D eigenvalue weighted by atomic mass is 16.5. The Labute approximate surface area is 160 Å². The minimum atomic E-state index is 0.329. The first-order valence-electron chi connectivity index (χ1n) is 9.95. The fourth-order valence-corrected chi connectivity index (χ4v) is 3.89. The Morgan fingerprint density at radius 2 is 1.85 bits per heavy atom. The van der Waals surface area contributed by atoms with Gasteiger partial charge in [-0.1, -0.05) is 19.1 Å². The molecule has 3 heterocycles. The van der Waals surface area contributed by atoms with Crippen LogP contribution in [0.15, 0.2) is 30.3 Å². The van der Waals surface area contributed by atoms with Crippen molar-refractivity contribution in [3.05, 3.63) is 41.6 Å². The van der Waals surface area contributed by atoms with Crippen molar-refractivity contribution < 1.29 is 9.84 Å². The second kappa shape index (κ2) is 8.13. The van der Waals surface area contributed by atoms with Crippen molar-refractivity contribution in [2.45, 2.75) is 26.2 Å². The summed E-state index contributed by atoms with van der Waals surface area (Å²) in [5, 5.41) is 9.46. The number of ether oxygens (including phenoxy) is 1. The van der Waals surface area contributed by atoms with Crippen LogP contribution in [0.1, 0.15) is 24.6 Å². The Hall–Kier alpha value is -2.34. The molecule has 2 aliphatic rings. The summed E-state index contributed by atoms with van der Waals surface area (Å²) in [5.74, 6) is 2.84. The van der Waals surface area contributed by atoms with Crippen LogP contribution in [0, 0.1) is 5.92 Å². The number of aryl methyl sites for hydroxylation is 1. The summed E-state index contributed by atoms with van der Waals surface area (Å²) in [6, 6.07) is 9.74. The molecule has 2 aliphatic heterocycles. The lowest BCUT2D eigenvalue weighted by Gasteiger charge is -2.28. The van der Waals surface area contributed by atoms with Crippen molar-refractivity contribution in [2.75, 3.05) is 49.2 Å². The molecule has 0 saturated carbocycles. The number of hydrogen-bond donors (Lipinski definition) is 1. The molecule has 0 amide bonds. The Balaban J connectivity index is 1.47. The summed E-state index contributed by atoms with van der Waals surface area (Å²) >= 11 is 0. The van der Waals surface area contributed by atoms with E-state index < -0.39 is 0 Å². The third kappa shape index (κ3) is 4.33. The molecule has 6 nitrogen and oxygen atoms in total. The molecule has 0 bridgehead atoms. The van der Waals surface area contributed by atoms with Crippen LogP contribution in [0.25, 0.3) is 0 Å². The van der Waals surface area contributed by atoms with Crippen LogP contribution in [-0.2, 0) is 17.6 Å². The summed E-state index contributed by atoms with van der Waals surface area (Å²) in [6.45, 7) is 7.40. The molecule has 0 aliphatic carbocycles. The average Bonchev–Trinajstić information content (AvgIpc) is 3.18. The second-order valence-corrected chi connectivity index (χ2v) is 7.44. The Kier molecular flexibility index (Phi) is 5.43. The van der Waals surface area contributed by atoms with Gasteiger partial charge in [0.1, 0.15) is 11.6 Å². The van der Waals surface area contributed by atoms with Gasteiger partial charge in [0.15, 0.2) is 0 Å². The summed E-state index contributed by atoms with van der Waals surface area (Å²) in [6.07, 6.45) is 3.12. The third-order valence-electron chi connectivity index (χ3n) is 5.48. The van der Waals surface area contributed by atoms with Crippen LogP contribution in [0.5, 0.6) is 5.75 Å². The fourth-order valence-electron chi connectivity index (χ4n) is 3.89. The van der Waals surface area contributed by atoms with E-state index in [1.165, 1.54) is 12.0 Å². The van der Waals surface area contributed by atoms with Crippen molar-refractivity contribution in [1.29, 1.82) is 0 Å². The molecule has 144 valence electrons. The molecule has 1 aromatic heterocycles. The minimum absolute atomic E-state index is 0.329. The molecule has 1 N–H and O–H groups in total. The first-order chi connectivity index (χ1) is 13.2. The third-order valence-corrected chi connectivity index (χ3v) is 5.48. The van der Waals surface area contributed by atoms with Gasteiger partial charge in [0, 0.05) is 37.9 Å². The molecule has 4 rings (SSSR count). The molecule has 1 atom stereocenters. The van der Waals surface area contributed by atoms with E-state index in [0.717, 1.165) is 69.7 Å². The zero-order chi connectivity index (χ0) is 18.6. The van der Waals surface area contributed by atoms with E-state index in [-0.39, 0.29) is 0 Å². The quantitative estimate of drug-likeness (QED) is 0.875. The number of nitrogens with zero attached hydrogens (tertiary/aromatic N) is 4. The van der Waals surface area contributed by atoms with Gasteiger partial charge in [-0.05, 0) is 42.9 Å². The number of phenolic OH excluding ortho intramolecular Hbond substituents is 1. The maximum Gasteiger partial charge on any atom is 0.227 e. The number of aromatic nitrogens is 2. The number of rotatable bonds is 5. The maximum atomic E-state index is 9.46. The topological polar surface area (TPSA) is 61.7 Å². The van der Waals surface area contributed by atoms with E-state index in [1.807, 2.05) is 12.1 Å². The summed E-state index contributed by atoms with van der Waals surface area (Å²) in [5.41, 5.74) is 2.38. The number of benzene rings is 1. The van der Waals surface area contributed by atoms with Crippen molar-refractivity contribution in [3.63, 3.8) is 0 Å². The zero-order valence-electron chi connectivity index (χ0n) is 16.0. The van der Waals surface area contributed by atoms with Crippen molar-refractivity contribution >= 4 is 11.8 Å². The Bertz CT molecular complexity index is 759. The van der Waals surface area contributed by atoms with Crippen LogP contribution >= 0.6 is 0 Å². The Morgan fingerprint density at radius 3 is 2.59 bits per heavy atom. The molecule has 2 saturated heterocycles. The minimum Gasteiger partial charge on any atom is -0.508 e. The standard InChI is InChI=1S/C21H28N4O2/c1-2-18-14-20(23-21(22-18)24-9-11-27-12-10-24)25-8-7-17(15-25)13-16-3-5-19(26)6-4-16/h3-6,14,17,26H,2,7-13,15H2,1H3. The van der Waals surface area contributed by atoms with E-state index in [1.54, 1.807) is 12.1 Å². The predicted molar refractivity (Wildman–Crippen MR) is 107 cm³/mol. The molecular formula is C21H28N4O2. The fraction of sp³-hybridized carbons (Fsp3) is 0.524. The van der Waals surface area contributed by atoms with Crippen molar-refractivity contribution in [2.24, 2.45) is 5.92 Å². The van der Waals surface area contributed by atoms with Gasteiger partial charge in [0.25, 0.3) is 0 Å². The molecule has 0 spiro atoms. The van der Waals surface area contributed by atoms with Gasteiger partial charge in [0.05, 0.1) is 13.2 Å². The van der Waals surface area contributed by atoms with Crippen LogP contribution < -0.4 is 9.80 Å². The number of phenols is 1. The molecule has 27 heavy (non-hydrogen) atoms. The van der Waals surface area contributed by atoms with Gasteiger partial charge in [-0.15, -0.1) is 0 Å². The van der Waals surface area contributed by atoms with Gasteiger partial charge < -0.3 is 19.6 Å². The summed E-state index contributed by atoms with van der Waals surface area (Å²) in [7, 11) is 0. The SMILES string of the molecule is CCc1cc(N2CCC(Cc3ccc(O)cc3)C2)nc(N2CCOCC2)n1. The molecule has 1 aromatic carbocycles. The normalized spacial score (nSPS) is 20.3. The average molecular weight is 368 g/mol. The lowest BCUT2D eigenvalue weighted by atomic mass is 9.99. The first-order valence-corrected chi connectivity index (χ1v) is 9.95. The maximum absolute atomic E-state index is 9.46. The van der Waals surface area contributed by atoms with Gasteiger partial charge in [-0.2, -0.15) is 4.98 Å². The summed E-state index contributed by atoms with van der Waals surface area (Å²) in [4.78, 5) is 14.3. The van der Waals surface area contributed by atoms with Crippen LogP contribution in [-0.4, -0.2) is 54.5 Å². The lowest BCUT2D eigenvalue weighted by molar-refractivity contribution is 0.122. The summed E-state index contributed by atoms with van der Waals surface area (Å²) < 4.78 is 5.46. The number of hydrogen-bond acceptors (Lipinski definition) is 6. The van der Waals surface area contributed by atoms with Crippen LogP contribution in [0.3, 0.4) is 0 Å². The zero-order valence-corrected chi connectivity index (χ0v) is 16.0. The molecule has 2 fully saturated rings. The van der Waals surface area contributed by atoms with Gasteiger partial charge >= 0.3 is 0 Å². The van der Waals surface area contributed by atoms with Crippen molar-refractivity contribution in [3.8, 4) is 5.75 Å². The number of morpholine rings is 1. The van der Waals surface area contributed by atoms with E-state index in [2.05, 4.69) is 22.8 Å². The highest BCUT2D eigenvalue weighted by Gasteiger charge is 2.25.